The molecule has 0 bridgehead atoms. The van der Waals surface area contributed by atoms with Gasteiger partial charge in [-0.2, -0.15) is 0 Å². The molecule has 0 saturated carbocycles. The van der Waals surface area contributed by atoms with Crippen molar-refractivity contribution in [3.05, 3.63) is 39.8 Å². The molecule has 0 fully saturated rings. The minimum absolute atomic E-state index is 0.550. The fraction of sp³-hybridized carbons (Fsp3) is 0.400. The van der Waals surface area contributed by atoms with Crippen molar-refractivity contribution in [2.45, 2.75) is 20.4 Å². The molecule has 108 valence electrons. The van der Waals surface area contributed by atoms with Crippen molar-refractivity contribution < 1.29 is 9.47 Å². The van der Waals surface area contributed by atoms with Gasteiger partial charge in [0, 0.05) is 12.0 Å². The number of hydrogen-bond donors (Lipinski definition) is 1. The van der Waals surface area contributed by atoms with Crippen LogP contribution in [-0.4, -0.2) is 25.3 Å². The summed E-state index contributed by atoms with van der Waals surface area (Å²) < 4.78 is 10.8. The van der Waals surface area contributed by atoms with E-state index >= 15 is 0 Å². The van der Waals surface area contributed by atoms with Gasteiger partial charge in [0.15, 0.2) is 0 Å². The van der Waals surface area contributed by atoms with Crippen LogP contribution in [0.3, 0.4) is 0 Å². The first kappa shape index (κ1) is 14.8. The highest BCUT2D eigenvalue weighted by molar-refractivity contribution is 7.09. The quantitative estimate of drug-likeness (QED) is 0.794. The van der Waals surface area contributed by atoms with Gasteiger partial charge in [0.05, 0.1) is 30.0 Å². The lowest BCUT2D eigenvalue weighted by atomic mass is 10.2. The maximum atomic E-state index is 5.76. The molecular formula is C15H20N2O2S. The third kappa shape index (κ3) is 3.95. The highest BCUT2D eigenvalue weighted by atomic mass is 32.1. The van der Waals surface area contributed by atoms with Crippen molar-refractivity contribution in [3.63, 3.8) is 0 Å². The van der Waals surface area contributed by atoms with Crippen molar-refractivity contribution in [1.29, 1.82) is 0 Å². The summed E-state index contributed by atoms with van der Waals surface area (Å²) in [6.45, 7) is 5.98. The fourth-order valence-corrected chi connectivity index (χ4v) is 2.52. The third-order valence-corrected chi connectivity index (χ3v) is 3.90. The molecule has 1 aromatic carbocycles. The fourth-order valence-electron chi connectivity index (χ4n) is 1.80. The Morgan fingerprint density at radius 1 is 1.25 bits per heavy atom. The summed E-state index contributed by atoms with van der Waals surface area (Å²) in [6, 6.07) is 6.16. The van der Waals surface area contributed by atoms with Crippen molar-refractivity contribution in [3.8, 4) is 5.75 Å². The summed E-state index contributed by atoms with van der Waals surface area (Å²) in [6.07, 6.45) is 0. The first-order valence-corrected chi connectivity index (χ1v) is 7.44. The molecule has 0 aliphatic rings. The molecule has 4 nitrogen and oxygen atoms in total. The average molecular weight is 292 g/mol. The van der Waals surface area contributed by atoms with Gasteiger partial charge in [-0.25, -0.2) is 4.98 Å². The van der Waals surface area contributed by atoms with Gasteiger partial charge < -0.3 is 14.8 Å². The molecule has 20 heavy (non-hydrogen) atoms. The van der Waals surface area contributed by atoms with Crippen molar-refractivity contribution in [2.75, 3.05) is 25.6 Å². The summed E-state index contributed by atoms with van der Waals surface area (Å²) >= 11 is 1.66. The average Bonchev–Trinajstić information content (AvgIpc) is 2.84. The minimum Gasteiger partial charge on any atom is -0.489 e. The van der Waals surface area contributed by atoms with Crippen LogP contribution >= 0.6 is 11.3 Å². The lowest BCUT2D eigenvalue weighted by molar-refractivity contribution is 0.146. The molecule has 1 N–H and O–H groups in total. The second-order valence-corrected chi connectivity index (χ2v) is 5.49. The Hall–Kier alpha value is -1.59. The molecule has 0 radical (unpaired) electrons. The molecule has 0 aliphatic heterocycles. The predicted molar refractivity (Wildman–Crippen MR) is 82.7 cm³/mol. The van der Waals surface area contributed by atoms with E-state index in [1.54, 1.807) is 18.4 Å². The number of nitrogens with zero attached hydrogens (tertiary/aromatic N) is 1. The third-order valence-electron chi connectivity index (χ3n) is 2.97. The van der Waals surface area contributed by atoms with E-state index < -0.39 is 0 Å². The summed E-state index contributed by atoms with van der Waals surface area (Å²) in [5, 5.41) is 3.42. The molecule has 0 spiro atoms. The Bertz CT molecular complexity index is 555. The number of nitrogens with one attached hydrogen (secondary N) is 1. The molecule has 0 unspecified atom stereocenters. The van der Waals surface area contributed by atoms with Gasteiger partial charge in [0.2, 0.25) is 0 Å². The minimum atomic E-state index is 0.550. The van der Waals surface area contributed by atoms with E-state index in [2.05, 4.69) is 23.3 Å². The highest BCUT2D eigenvalue weighted by Crippen LogP contribution is 2.27. The molecule has 5 heteroatoms. The number of benzene rings is 1. The van der Waals surface area contributed by atoms with E-state index in [-0.39, 0.29) is 0 Å². The molecule has 0 saturated heterocycles. The number of thiazole rings is 1. The highest BCUT2D eigenvalue weighted by Gasteiger charge is 2.06. The SMILES string of the molecule is COCCOc1cc(C)ccc1NCc1scnc1C. The largest absolute Gasteiger partial charge is 0.489 e. The Kier molecular flexibility index (Phi) is 5.38. The maximum absolute atomic E-state index is 5.76. The van der Waals surface area contributed by atoms with E-state index in [0.29, 0.717) is 13.2 Å². The van der Waals surface area contributed by atoms with Gasteiger partial charge in [0.1, 0.15) is 12.4 Å². The van der Waals surface area contributed by atoms with Crippen LogP contribution < -0.4 is 10.1 Å². The molecule has 2 rings (SSSR count). The van der Waals surface area contributed by atoms with Crippen LogP contribution in [0.15, 0.2) is 23.7 Å². The van der Waals surface area contributed by atoms with E-state index in [1.165, 1.54) is 10.4 Å². The zero-order chi connectivity index (χ0) is 14.4. The lowest BCUT2D eigenvalue weighted by Gasteiger charge is -2.13. The summed E-state index contributed by atoms with van der Waals surface area (Å²) in [5.74, 6) is 0.865. The van der Waals surface area contributed by atoms with E-state index in [1.807, 2.05) is 24.6 Å². The number of rotatable bonds is 7. The second kappa shape index (κ2) is 7.26. The van der Waals surface area contributed by atoms with Crippen LogP contribution in [-0.2, 0) is 11.3 Å². The van der Waals surface area contributed by atoms with Crippen molar-refractivity contribution >= 4 is 17.0 Å². The van der Waals surface area contributed by atoms with Crippen LogP contribution in [0.4, 0.5) is 5.69 Å². The topological polar surface area (TPSA) is 43.4 Å². The number of hydrogen-bond acceptors (Lipinski definition) is 5. The van der Waals surface area contributed by atoms with Crippen LogP contribution in [0.5, 0.6) is 5.75 Å². The number of aromatic nitrogens is 1. The maximum Gasteiger partial charge on any atom is 0.142 e. The molecule has 0 amide bonds. The Labute approximate surface area is 123 Å². The van der Waals surface area contributed by atoms with Crippen molar-refractivity contribution in [2.24, 2.45) is 0 Å². The number of anilines is 1. The summed E-state index contributed by atoms with van der Waals surface area (Å²) in [7, 11) is 1.67. The van der Waals surface area contributed by atoms with Crippen LogP contribution in [0.1, 0.15) is 16.1 Å². The Balaban J connectivity index is 2.04. The summed E-state index contributed by atoms with van der Waals surface area (Å²) in [4.78, 5) is 5.50. The molecular weight excluding hydrogens is 272 g/mol. The Morgan fingerprint density at radius 3 is 2.80 bits per heavy atom. The lowest BCUT2D eigenvalue weighted by Crippen LogP contribution is -2.07. The Morgan fingerprint density at radius 2 is 2.10 bits per heavy atom. The zero-order valence-electron chi connectivity index (χ0n) is 12.1. The zero-order valence-corrected chi connectivity index (χ0v) is 12.9. The molecule has 1 heterocycles. The molecule has 0 atom stereocenters. The van der Waals surface area contributed by atoms with Gasteiger partial charge in [-0.15, -0.1) is 11.3 Å². The molecule has 0 aliphatic carbocycles. The number of ether oxygens (including phenoxy) is 2. The first-order valence-electron chi connectivity index (χ1n) is 6.56. The van der Waals surface area contributed by atoms with Gasteiger partial charge in [-0.3, -0.25) is 0 Å². The van der Waals surface area contributed by atoms with Gasteiger partial charge in [-0.1, -0.05) is 6.07 Å². The smallest absolute Gasteiger partial charge is 0.142 e. The van der Waals surface area contributed by atoms with E-state index in [9.17, 15) is 0 Å². The van der Waals surface area contributed by atoms with Gasteiger partial charge in [-0.05, 0) is 31.5 Å². The van der Waals surface area contributed by atoms with E-state index in [0.717, 1.165) is 23.7 Å². The molecule has 1 aromatic heterocycles. The summed E-state index contributed by atoms with van der Waals surface area (Å²) in [5.41, 5.74) is 5.13. The van der Waals surface area contributed by atoms with Gasteiger partial charge in [0.25, 0.3) is 0 Å². The van der Waals surface area contributed by atoms with Crippen molar-refractivity contribution in [1.82, 2.24) is 4.98 Å². The van der Waals surface area contributed by atoms with Gasteiger partial charge >= 0.3 is 0 Å². The first-order chi connectivity index (χ1) is 9.70. The second-order valence-electron chi connectivity index (χ2n) is 4.56. The van der Waals surface area contributed by atoms with Crippen LogP contribution in [0.2, 0.25) is 0 Å². The normalized spacial score (nSPS) is 10.6. The van der Waals surface area contributed by atoms with Crippen LogP contribution in [0.25, 0.3) is 0 Å². The standard InChI is InChI=1S/C15H20N2O2S/c1-11-4-5-13(14(8-11)19-7-6-18-3)16-9-15-12(2)17-10-20-15/h4-5,8,10,16H,6-7,9H2,1-3H3. The number of aryl methyl sites for hydroxylation is 2. The monoisotopic (exact) mass is 292 g/mol. The van der Waals surface area contributed by atoms with Crippen LogP contribution in [0, 0.1) is 13.8 Å². The van der Waals surface area contributed by atoms with E-state index in [4.69, 9.17) is 9.47 Å². The predicted octanol–water partition coefficient (Wildman–Crippen LogP) is 3.40. The molecule has 2 aromatic rings. The number of methoxy groups -OCH3 is 1.